The van der Waals surface area contributed by atoms with Crippen LogP contribution in [0.2, 0.25) is 0 Å². The van der Waals surface area contributed by atoms with Gasteiger partial charge in [-0.15, -0.1) is 0 Å². The van der Waals surface area contributed by atoms with Gasteiger partial charge in [0.15, 0.2) is 5.13 Å². The summed E-state index contributed by atoms with van der Waals surface area (Å²) in [5.74, 6) is 0. The maximum Gasteiger partial charge on any atom is 0.240 e. The Labute approximate surface area is 135 Å². The van der Waals surface area contributed by atoms with Gasteiger partial charge in [0, 0.05) is 24.6 Å². The van der Waals surface area contributed by atoms with Crippen LogP contribution in [0, 0.1) is 0 Å². The van der Waals surface area contributed by atoms with Gasteiger partial charge in [0.25, 0.3) is 0 Å². The van der Waals surface area contributed by atoms with Crippen molar-refractivity contribution in [1.29, 1.82) is 0 Å². The molecule has 5 nitrogen and oxygen atoms in total. The summed E-state index contributed by atoms with van der Waals surface area (Å²) < 4.78 is 5.67. The first-order valence-corrected chi connectivity index (χ1v) is 8.10. The standard InChI is InChI=1S/C16H23N3O2S/c1-11(2)19(15(20)21-16(3,4)5)14-18-10-13(22-14)12-6-8-17-9-7-12/h6-11,15,20H,1-5H3. The molecule has 0 fully saturated rings. The second kappa shape index (κ2) is 6.73. The fraction of sp³-hybridized carbons (Fsp3) is 0.500. The summed E-state index contributed by atoms with van der Waals surface area (Å²) in [5.41, 5.74) is 0.631. The number of aromatic nitrogens is 2. The smallest absolute Gasteiger partial charge is 0.240 e. The summed E-state index contributed by atoms with van der Waals surface area (Å²) in [6.45, 7) is 9.75. The van der Waals surface area contributed by atoms with Crippen molar-refractivity contribution in [3.8, 4) is 10.4 Å². The monoisotopic (exact) mass is 321 g/mol. The fourth-order valence-corrected chi connectivity index (χ4v) is 3.05. The number of hydrogen-bond donors (Lipinski definition) is 1. The maximum atomic E-state index is 10.4. The van der Waals surface area contributed by atoms with Crippen molar-refractivity contribution in [2.45, 2.75) is 52.7 Å². The molecule has 0 aliphatic rings. The third-order valence-electron chi connectivity index (χ3n) is 2.93. The predicted molar refractivity (Wildman–Crippen MR) is 89.8 cm³/mol. The molecule has 22 heavy (non-hydrogen) atoms. The van der Waals surface area contributed by atoms with Crippen LogP contribution in [0.3, 0.4) is 0 Å². The molecule has 0 aliphatic heterocycles. The molecule has 0 spiro atoms. The van der Waals surface area contributed by atoms with Crippen molar-refractivity contribution >= 4 is 16.5 Å². The summed E-state index contributed by atoms with van der Waals surface area (Å²) in [6, 6.07) is 3.95. The third-order valence-corrected chi connectivity index (χ3v) is 3.99. The van der Waals surface area contributed by atoms with Gasteiger partial charge in [-0.25, -0.2) is 4.98 Å². The van der Waals surface area contributed by atoms with Crippen molar-refractivity contribution in [2.75, 3.05) is 4.90 Å². The minimum absolute atomic E-state index is 0.0637. The average Bonchev–Trinajstić information content (AvgIpc) is 2.86. The Kier molecular flexibility index (Phi) is 5.16. The van der Waals surface area contributed by atoms with Gasteiger partial charge >= 0.3 is 0 Å². The lowest BCUT2D eigenvalue weighted by Gasteiger charge is -2.34. The topological polar surface area (TPSA) is 58.5 Å². The zero-order valence-electron chi connectivity index (χ0n) is 13.6. The molecular weight excluding hydrogens is 298 g/mol. The highest BCUT2D eigenvalue weighted by Gasteiger charge is 2.27. The van der Waals surface area contributed by atoms with Crippen LogP contribution in [-0.4, -0.2) is 33.1 Å². The van der Waals surface area contributed by atoms with Crippen LogP contribution in [0.5, 0.6) is 0 Å². The Morgan fingerprint density at radius 3 is 2.41 bits per heavy atom. The summed E-state index contributed by atoms with van der Waals surface area (Å²) >= 11 is 1.52. The van der Waals surface area contributed by atoms with E-state index in [1.54, 1.807) is 17.3 Å². The molecule has 0 amide bonds. The van der Waals surface area contributed by atoms with Gasteiger partial charge < -0.3 is 9.84 Å². The molecule has 2 heterocycles. The normalized spacial score (nSPS) is 13.4. The van der Waals surface area contributed by atoms with Gasteiger partial charge in [-0.05, 0) is 52.3 Å². The van der Waals surface area contributed by atoms with Gasteiger partial charge in [0.1, 0.15) is 0 Å². The van der Waals surface area contributed by atoms with E-state index >= 15 is 0 Å². The molecule has 0 saturated carbocycles. The van der Waals surface area contributed by atoms with Crippen molar-refractivity contribution < 1.29 is 9.84 Å². The van der Waals surface area contributed by atoms with Crippen molar-refractivity contribution in [3.05, 3.63) is 30.7 Å². The van der Waals surface area contributed by atoms with E-state index in [2.05, 4.69) is 9.97 Å². The molecule has 0 aliphatic carbocycles. The maximum absolute atomic E-state index is 10.4. The molecule has 0 bridgehead atoms. The summed E-state index contributed by atoms with van der Waals surface area (Å²) in [4.78, 5) is 11.3. The SMILES string of the molecule is CC(C)N(c1ncc(-c2ccncc2)s1)C(O)OC(C)(C)C. The van der Waals surface area contributed by atoms with E-state index < -0.39 is 12.0 Å². The highest BCUT2D eigenvalue weighted by molar-refractivity contribution is 7.18. The Morgan fingerprint density at radius 2 is 1.86 bits per heavy atom. The number of thiazole rings is 1. The summed E-state index contributed by atoms with van der Waals surface area (Å²) in [7, 11) is 0. The second-order valence-corrected chi connectivity index (χ2v) is 7.31. The lowest BCUT2D eigenvalue weighted by molar-refractivity contribution is -0.167. The second-order valence-electron chi connectivity index (χ2n) is 6.30. The van der Waals surface area contributed by atoms with Gasteiger partial charge in [0.05, 0.1) is 10.5 Å². The lowest BCUT2D eigenvalue weighted by Crippen LogP contribution is -2.45. The third kappa shape index (κ3) is 4.25. The summed E-state index contributed by atoms with van der Waals surface area (Å²) in [5, 5.41) is 11.1. The molecular formula is C16H23N3O2S. The molecule has 1 atom stereocenters. The molecule has 1 unspecified atom stereocenters. The van der Waals surface area contributed by atoms with Crippen LogP contribution in [0.15, 0.2) is 30.7 Å². The number of rotatable bonds is 5. The molecule has 1 N–H and O–H groups in total. The zero-order chi connectivity index (χ0) is 16.3. The Hall–Kier alpha value is -1.50. The largest absolute Gasteiger partial charge is 0.351 e. The first kappa shape index (κ1) is 16.9. The highest BCUT2D eigenvalue weighted by atomic mass is 32.1. The van der Waals surface area contributed by atoms with E-state index in [1.807, 2.05) is 52.9 Å². The van der Waals surface area contributed by atoms with E-state index in [4.69, 9.17) is 4.74 Å². The van der Waals surface area contributed by atoms with Gasteiger partial charge in [-0.3, -0.25) is 9.88 Å². The molecule has 0 aromatic carbocycles. The Balaban J connectivity index is 2.25. The number of pyridine rings is 1. The Bertz CT molecular complexity index is 593. The number of nitrogens with zero attached hydrogens (tertiary/aromatic N) is 3. The first-order chi connectivity index (χ1) is 10.3. The van der Waals surface area contributed by atoms with E-state index in [0.717, 1.165) is 15.6 Å². The van der Waals surface area contributed by atoms with Crippen LogP contribution in [-0.2, 0) is 4.74 Å². The number of ether oxygens (including phenoxy) is 1. The first-order valence-electron chi connectivity index (χ1n) is 7.28. The van der Waals surface area contributed by atoms with Crippen molar-refractivity contribution in [3.63, 3.8) is 0 Å². The molecule has 6 heteroatoms. The number of hydrogen-bond acceptors (Lipinski definition) is 6. The van der Waals surface area contributed by atoms with Gasteiger partial charge in [-0.2, -0.15) is 0 Å². The van der Waals surface area contributed by atoms with Crippen molar-refractivity contribution in [2.24, 2.45) is 0 Å². The van der Waals surface area contributed by atoms with Gasteiger partial charge in [0.2, 0.25) is 6.41 Å². The lowest BCUT2D eigenvalue weighted by atomic mass is 10.2. The number of aliphatic hydroxyl groups is 1. The van der Waals surface area contributed by atoms with Gasteiger partial charge in [-0.1, -0.05) is 11.3 Å². The Morgan fingerprint density at radius 1 is 1.23 bits per heavy atom. The van der Waals surface area contributed by atoms with E-state index in [1.165, 1.54) is 11.3 Å². The van der Waals surface area contributed by atoms with Crippen LogP contribution < -0.4 is 4.90 Å². The molecule has 2 rings (SSSR count). The molecule has 120 valence electrons. The summed E-state index contributed by atoms with van der Waals surface area (Å²) in [6.07, 6.45) is 4.30. The zero-order valence-corrected chi connectivity index (χ0v) is 14.5. The predicted octanol–water partition coefficient (Wildman–Crippen LogP) is 3.51. The number of anilines is 1. The quantitative estimate of drug-likeness (QED) is 0.854. The van der Waals surface area contributed by atoms with Crippen LogP contribution in [0.1, 0.15) is 34.6 Å². The highest BCUT2D eigenvalue weighted by Crippen LogP contribution is 2.33. The van der Waals surface area contributed by atoms with Crippen LogP contribution in [0.25, 0.3) is 10.4 Å². The van der Waals surface area contributed by atoms with E-state index in [0.29, 0.717) is 0 Å². The molecule has 2 aromatic heterocycles. The molecule has 0 radical (unpaired) electrons. The average molecular weight is 321 g/mol. The van der Waals surface area contributed by atoms with E-state index in [-0.39, 0.29) is 6.04 Å². The molecule has 0 saturated heterocycles. The van der Waals surface area contributed by atoms with Crippen LogP contribution in [0.4, 0.5) is 5.13 Å². The minimum atomic E-state index is -1.03. The van der Waals surface area contributed by atoms with Crippen molar-refractivity contribution in [1.82, 2.24) is 9.97 Å². The van der Waals surface area contributed by atoms with E-state index in [9.17, 15) is 5.11 Å². The minimum Gasteiger partial charge on any atom is -0.351 e. The van der Waals surface area contributed by atoms with Crippen LogP contribution >= 0.6 is 11.3 Å². The molecule has 2 aromatic rings. The number of aliphatic hydroxyl groups excluding tert-OH is 1. The fourth-order valence-electron chi connectivity index (χ4n) is 1.98.